The largest absolute Gasteiger partial charge is 0.497 e. The predicted molar refractivity (Wildman–Crippen MR) is 230 cm³/mol. The fourth-order valence-corrected chi connectivity index (χ4v) is 13.4. The third kappa shape index (κ3) is 5.22. The molecule has 0 N–H and O–H groups in total. The van der Waals surface area contributed by atoms with Crippen LogP contribution in [0.15, 0.2) is 72.6 Å². The van der Waals surface area contributed by atoms with Gasteiger partial charge in [0.15, 0.2) is 34.9 Å². The lowest BCUT2D eigenvalue weighted by atomic mass is 9.37. The molecule has 9 atom stereocenters. The van der Waals surface area contributed by atoms with Crippen LogP contribution in [0.3, 0.4) is 0 Å². The molecular weight excluding hydrogens is 757 g/mol. The summed E-state index contributed by atoms with van der Waals surface area (Å²) in [5.41, 5.74) is 5.88. The molecule has 6 bridgehead atoms. The molecule has 2 aromatic rings. The van der Waals surface area contributed by atoms with Crippen molar-refractivity contribution in [3.8, 4) is 23.0 Å². The van der Waals surface area contributed by atoms with E-state index < -0.39 is 5.60 Å². The molecule has 2 aromatic carbocycles. The van der Waals surface area contributed by atoms with Crippen LogP contribution in [0.5, 0.6) is 23.0 Å². The number of benzene rings is 2. The highest BCUT2D eigenvalue weighted by Gasteiger charge is 2.79. The fraction of sp³-hybridized carbons (Fsp3) is 0.560. The van der Waals surface area contributed by atoms with E-state index in [-0.39, 0.29) is 40.2 Å². The van der Waals surface area contributed by atoms with Gasteiger partial charge >= 0.3 is 0 Å². The van der Waals surface area contributed by atoms with E-state index >= 15 is 0 Å². The second-order valence-electron chi connectivity index (χ2n) is 18.3. The van der Waals surface area contributed by atoms with Gasteiger partial charge in [-0.05, 0) is 113 Å². The number of carbonyl (C=O) groups is 2. The molecule has 0 radical (unpaired) electrons. The number of methoxy groups -OCH3 is 4. The Bertz CT molecular complexity index is 2210. The van der Waals surface area contributed by atoms with Crippen LogP contribution in [0.4, 0.5) is 0 Å². The van der Waals surface area contributed by atoms with Gasteiger partial charge in [0.05, 0.1) is 38.1 Å². The van der Waals surface area contributed by atoms with Gasteiger partial charge in [-0.3, -0.25) is 14.5 Å². The number of allylic oxidation sites excluding steroid dienone is 3. The zero-order valence-electron chi connectivity index (χ0n) is 36.7. The highest BCUT2D eigenvalue weighted by atomic mass is 16.6. The number of likely N-dealkylation sites (tertiary alicyclic amines) is 2. The average Bonchev–Trinajstić information content (AvgIpc) is 3.82. The minimum absolute atomic E-state index is 0.0611. The number of hydrogen-bond donors (Lipinski definition) is 0. The van der Waals surface area contributed by atoms with Crippen LogP contribution in [0.25, 0.3) is 0 Å². The summed E-state index contributed by atoms with van der Waals surface area (Å²) < 4.78 is 36.6. The van der Waals surface area contributed by atoms with Gasteiger partial charge in [0.25, 0.3) is 0 Å². The molecule has 10 aliphatic rings. The molecular formula is C50H62N2O8. The number of rotatable bonds is 10. The summed E-state index contributed by atoms with van der Waals surface area (Å²) in [6, 6.07) is 9.37. The van der Waals surface area contributed by atoms with Crippen LogP contribution in [-0.2, 0) is 42.7 Å². The first-order valence-corrected chi connectivity index (χ1v) is 22.0. The summed E-state index contributed by atoms with van der Waals surface area (Å²) in [6.45, 7) is 9.49. The second kappa shape index (κ2) is 14.9. The zero-order valence-corrected chi connectivity index (χ0v) is 36.7. The Kier molecular flexibility index (Phi) is 10.2. The van der Waals surface area contributed by atoms with E-state index in [1.807, 2.05) is 19.1 Å². The Morgan fingerprint density at radius 3 is 2.15 bits per heavy atom. The molecule has 0 unspecified atom stereocenters. The predicted octanol–water partition coefficient (Wildman–Crippen LogP) is 7.25. The highest BCUT2D eigenvalue weighted by molar-refractivity contribution is 5.89. The highest BCUT2D eigenvalue weighted by Crippen LogP contribution is 2.75. The first-order chi connectivity index (χ1) is 29.0. The average molecular weight is 819 g/mol. The first-order valence-electron chi connectivity index (χ1n) is 22.0. The van der Waals surface area contributed by atoms with Crippen LogP contribution in [0.1, 0.15) is 81.0 Å². The van der Waals surface area contributed by atoms with E-state index in [2.05, 4.69) is 73.8 Å². The lowest BCUT2D eigenvalue weighted by Gasteiger charge is -2.70. The lowest BCUT2D eigenvalue weighted by Crippen LogP contribution is -2.79. The van der Waals surface area contributed by atoms with Crippen molar-refractivity contribution < 1.29 is 38.0 Å². The smallest absolute Gasteiger partial charge is 0.169 e. The van der Waals surface area contributed by atoms with E-state index in [9.17, 15) is 9.59 Å². The molecule has 0 amide bonds. The second-order valence-corrected chi connectivity index (χ2v) is 18.3. The van der Waals surface area contributed by atoms with Crippen molar-refractivity contribution in [2.75, 3.05) is 55.6 Å². The van der Waals surface area contributed by atoms with Gasteiger partial charge in [0.2, 0.25) is 0 Å². The maximum Gasteiger partial charge on any atom is 0.169 e. The van der Waals surface area contributed by atoms with Gasteiger partial charge in [-0.15, -0.1) is 0 Å². The Hall–Kier alpha value is -4.38. The van der Waals surface area contributed by atoms with Crippen LogP contribution in [-0.4, -0.2) is 107 Å². The third-order valence-electron chi connectivity index (χ3n) is 16.0. The normalized spacial score (nSPS) is 34.8. The van der Waals surface area contributed by atoms with Crippen molar-refractivity contribution in [1.82, 2.24) is 9.80 Å². The minimum Gasteiger partial charge on any atom is -0.497 e. The summed E-state index contributed by atoms with van der Waals surface area (Å²) >= 11 is 0. The van der Waals surface area contributed by atoms with Crippen molar-refractivity contribution in [1.29, 1.82) is 0 Å². The van der Waals surface area contributed by atoms with Gasteiger partial charge in [0, 0.05) is 48.6 Å². The third-order valence-corrected chi connectivity index (χ3v) is 16.0. The SMILES string of the molecule is C=CC(=O)CCC.CCCC(=O)[C@H]1C[C@@]23C=C[C@]1(OC)[C@@H]1Oc4c(OC)ccc5c4[C@@]12CCN(C)[C@@H]3C5.COC1=CC=C2[C@H]3Cc4ccc(OC)c5c4[C@@]2(CCN3C)[C@H]1O5. The van der Waals surface area contributed by atoms with Crippen molar-refractivity contribution in [3.63, 3.8) is 0 Å². The van der Waals surface area contributed by atoms with Crippen LogP contribution < -0.4 is 18.9 Å². The molecule has 6 aliphatic carbocycles. The molecule has 4 aliphatic heterocycles. The summed E-state index contributed by atoms with van der Waals surface area (Å²) in [7, 11) is 11.4. The van der Waals surface area contributed by atoms with Gasteiger partial charge in [-0.1, -0.05) is 50.8 Å². The number of hydrogen-bond acceptors (Lipinski definition) is 10. The quantitative estimate of drug-likeness (QED) is 0.180. The Balaban J connectivity index is 0.000000137. The fourth-order valence-electron chi connectivity index (χ4n) is 13.4. The van der Waals surface area contributed by atoms with Crippen molar-refractivity contribution in [2.45, 2.75) is 112 Å². The molecule has 2 saturated heterocycles. The zero-order chi connectivity index (χ0) is 42.4. The number of likely N-dealkylation sites (N-methyl/N-ethyl adjacent to an activating group) is 2. The summed E-state index contributed by atoms with van der Waals surface area (Å²) in [5.74, 6) is 4.66. The standard InChI is InChI=1S/C25H31NO4.C19H21NO3.C6H10O/c1-5-6-17(27)16-14-23-9-10-25(16,29-4)22-24(23)11-12-26(2)19(23)13-15-7-8-18(28-3)21(30-22)20(15)24;1-20-9-8-19-12-5-7-15(22-3)18(19)23-17-14(21-2)6-4-11(16(17)19)10-13(12)20;1-3-5-6(7)4-2/h7-10,16,19,22H,5-6,11-14H2,1-4H3;4-7,13,18H,8-10H2,1-3H3;4H,2-3,5H2,1H3/t16-,19-,22-,23-,24+,25-;13-,18+,19+;/m11./s1. The molecule has 1 saturated carbocycles. The van der Waals surface area contributed by atoms with Crippen molar-refractivity contribution >= 4 is 11.6 Å². The number of ketones is 2. The molecule has 3 fully saturated rings. The summed E-state index contributed by atoms with van der Waals surface area (Å²) in [5, 5.41) is 0. The molecule has 10 nitrogen and oxygen atoms in total. The maximum absolute atomic E-state index is 13.4. The number of nitrogens with zero attached hydrogens (tertiary/aromatic N) is 2. The van der Waals surface area contributed by atoms with E-state index in [1.54, 1.807) is 28.4 Å². The van der Waals surface area contributed by atoms with E-state index in [1.165, 1.54) is 33.9 Å². The molecule has 12 rings (SSSR count). The molecule has 10 heteroatoms. The number of ether oxygens (including phenoxy) is 6. The molecule has 3 spiro atoms. The maximum atomic E-state index is 13.4. The van der Waals surface area contributed by atoms with Gasteiger partial charge in [0.1, 0.15) is 23.2 Å². The number of Topliss-reactive ketones (excluding diaryl/α,β-unsaturated/α-hetero) is 1. The molecule has 320 valence electrons. The molecule has 4 heterocycles. The lowest BCUT2D eigenvalue weighted by molar-refractivity contribution is -0.213. The van der Waals surface area contributed by atoms with Gasteiger partial charge in [-0.25, -0.2) is 0 Å². The number of fused-ring (bicyclic) bond motifs is 1. The van der Waals surface area contributed by atoms with E-state index in [0.717, 1.165) is 86.8 Å². The van der Waals surface area contributed by atoms with Crippen LogP contribution in [0.2, 0.25) is 0 Å². The topological polar surface area (TPSA) is 96.0 Å². The van der Waals surface area contributed by atoms with Crippen molar-refractivity contribution in [3.05, 3.63) is 94.8 Å². The minimum atomic E-state index is -0.715. The summed E-state index contributed by atoms with van der Waals surface area (Å²) in [4.78, 5) is 28.7. The van der Waals surface area contributed by atoms with Crippen molar-refractivity contribution in [2.24, 2.45) is 11.3 Å². The van der Waals surface area contributed by atoms with E-state index in [4.69, 9.17) is 28.4 Å². The van der Waals surface area contributed by atoms with Gasteiger partial charge in [-0.2, -0.15) is 0 Å². The molecule has 60 heavy (non-hydrogen) atoms. The number of carbonyl (C=O) groups excluding carboxylic acids is 2. The van der Waals surface area contributed by atoms with Crippen LogP contribution >= 0.6 is 0 Å². The number of piperidine rings is 2. The first kappa shape index (κ1) is 41.0. The Morgan fingerprint density at radius 2 is 1.52 bits per heavy atom. The monoisotopic (exact) mass is 818 g/mol. The van der Waals surface area contributed by atoms with E-state index in [0.29, 0.717) is 30.7 Å². The Morgan fingerprint density at radius 1 is 0.833 bits per heavy atom. The Labute approximate surface area is 355 Å². The molecule has 0 aromatic heterocycles. The summed E-state index contributed by atoms with van der Waals surface area (Å²) in [6.07, 6.45) is 18.1. The van der Waals surface area contributed by atoms with Gasteiger partial charge < -0.3 is 33.3 Å². The van der Waals surface area contributed by atoms with Crippen LogP contribution in [0, 0.1) is 11.3 Å².